The Bertz CT molecular complexity index is 528. The third-order valence-corrected chi connectivity index (χ3v) is 3.65. The molecule has 0 saturated heterocycles. The van der Waals surface area contributed by atoms with Crippen molar-refractivity contribution in [2.75, 3.05) is 13.6 Å². The normalized spacial score (nSPS) is 13.3. The van der Waals surface area contributed by atoms with Gasteiger partial charge in [-0.2, -0.15) is 0 Å². The zero-order valence-electron chi connectivity index (χ0n) is 12.2. The van der Waals surface area contributed by atoms with Crippen LogP contribution in [0.2, 0.25) is 0 Å². The average molecular weight is 259 g/mol. The molecule has 3 heteroatoms. The summed E-state index contributed by atoms with van der Waals surface area (Å²) in [5.74, 6) is 0. The molecule has 1 aromatic carbocycles. The standard InChI is InChI=1S/C16H25N3/c1-12(17)7-6-10-19(3)11-15-13(2)18-16-9-5-4-8-14(15)16/h4-5,8-9,12,18H,6-7,10-11,17H2,1-3H3. The Morgan fingerprint density at radius 2 is 2.05 bits per heavy atom. The van der Waals surface area contributed by atoms with Crippen molar-refractivity contribution in [3.63, 3.8) is 0 Å². The highest BCUT2D eigenvalue weighted by atomic mass is 15.1. The first-order valence-electron chi connectivity index (χ1n) is 7.08. The van der Waals surface area contributed by atoms with Gasteiger partial charge < -0.3 is 15.6 Å². The zero-order valence-corrected chi connectivity index (χ0v) is 12.2. The van der Waals surface area contributed by atoms with Crippen LogP contribution >= 0.6 is 0 Å². The van der Waals surface area contributed by atoms with E-state index >= 15 is 0 Å². The molecule has 2 rings (SSSR count). The summed E-state index contributed by atoms with van der Waals surface area (Å²) < 4.78 is 0. The van der Waals surface area contributed by atoms with E-state index in [0.717, 1.165) is 25.9 Å². The van der Waals surface area contributed by atoms with E-state index in [9.17, 15) is 0 Å². The van der Waals surface area contributed by atoms with Gasteiger partial charge in [-0.25, -0.2) is 0 Å². The second kappa shape index (κ2) is 6.22. The molecule has 3 nitrogen and oxygen atoms in total. The largest absolute Gasteiger partial charge is 0.358 e. The minimum atomic E-state index is 0.309. The second-order valence-electron chi connectivity index (χ2n) is 5.63. The van der Waals surface area contributed by atoms with Gasteiger partial charge in [-0.15, -0.1) is 0 Å². The number of aromatic nitrogens is 1. The van der Waals surface area contributed by atoms with Crippen molar-refractivity contribution in [2.24, 2.45) is 5.73 Å². The maximum Gasteiger partial charge on any atom is 0.0459 e. The van der Waals surface area contributed by atoms with Crippen LogP contribution in [0.15, 0.2) is 24.3 Å². The van der Waals surface area contributed by atoms with Gasteiger partial charge in [0.2, 0.25) is 0 Å². The molecule has 1 aromatic heterocycles. The molecule has 104 valence electrons. The molecule has 0 aliphatic heterocycles. The molecule has 2 aromatic rings. The number of H-pyrrole nitrogens is 1. The second-order valence-corrected chi connectivity index (χ2v) is 5.63. The number of nitrogens with two attached hydrogens (primary N) is 1. The first-order valence-corrected chi connectivity index (χ1v) is 7.08. The molecule has 19 heavy (non-hydrogen) atoms. The summed E-state index contributed by atoms with van der Waals surface area (Å²) in [5.41, 5.74) is 9.72. The predicted molar refractivity (Wildman–Crippen MR) is 82.3 cm³/mol. The lowest BCUT2D eigenvalue weighted by molar-refractivity contribution is 0.315. The lowest BCUT2D eigenvalue weighted by atomic mass is 10.1. The van der Waals surface area contributed by atoms with Crippen molar-refractivity contribution in [3.05, 3.63) is 35.5 Å². The molecular weight excluding hydrogens is 234 g/mol. The van der Waals surface area contributed by atoms with Crippen LogP contribution in [0, 0.1) is 6.92 Å². The minimum absolute atomic E-state index is 0.309. The fourth-order valence-electron chi connectivity index (χ4n) is 2.57. The molecular formula is C16H25N3. The highest BCUT2D eigenvalue weighted by Crippen LogP contribution is 2.22. The molecule has 1 unspecified atom stereocenters. The molecule has 0 bridgehead atoms. The number of hydrogen-bond donors (Lipinski definition) is 2. The van der Waals surface area contributed by atoms with Crippen molar-refractivity contribution in [1.82, 2.24) is 9.88 Å². The van der Waals surface area contributed by atoms with E-state index in [1.54, 1.807) is 0 Å². The number of aryl methyl sites for hydroxylation is 1. The smallest absolute Gasteiger partial charge is 0.0459 e. The Morgan fingerprint density at radius 1 is 1.32 bits per heavy atom. The molecule has 0 aliphatic carbocycles. The van der Waals surface area contributed by atoms with Crippen molar-refractivity contribution >= 4 is 10.9 Å². The van der Waals surface area contributed by atoms with E-state index in [0.29, 0.717) is 6.04 Å². The van der Waals surface area contributed by atoms with E-state index in [1.807, 2.05) is 0 Å². The Balaban J connectivity index is 2.02. The van der Waals surface area contributed by atoms with Gasteiger partial charge in [0.1, 0.15) is 0 Å². The maximum absolute atomic E-state index is 5.79. The van der Waals surface area contributed by atoms with E-state index in [2.05, 4.69) is 55.0 Å². The average Bonchev–Trinajstić information content (AvgIpc) is 2.66. The predicted octanol–water partition coefficient (Wildman–Crippen LogP) is 3.04. The third kappa shape index (κ3) is 3.58. The monoisotopic (exact) mass is 259 g/mol. The quantitative estimate of drug-likeness (QED) is 0.837. The first-order chi connectivity index (χ1) is 9.08. The number of hydrogen-bond acceptors (Lipinski definition) is 2. The summed E-state index contributed by atoms with van der Waals surface area (Å²) in [6, 6.07) is 8.83. The van der Waals surface area contributed by atoms with Crippen molar-refractivity contribution in [1.29, 1.82) is 0 Å². The summed E-state index contributed by atoms with van der Waals surface area (Å²) in [4.78, 5) is 5.84. The van der Waals surface area contributed by atoms with Gasteiger partial charge in [0.25, 0.3) is 0 Å². The summed E-state index contributed by atoms with van der Waals surface area (Å²) in [6.07, 6.45) is 2.26. The molecule has 0 spiro atoms. The minimum Gasteiger partial charge on any atom is -0.358 e. The van der Waals surface area contributed by atoms with E-state index in [1.165, 1.54) is 22.2 Å². The van der Waals surface area contributed by atoms with Crippen LogP contribution in [0.4, 0.5) is 0 Å². The van der Waals surface area contributed by atoms with Crippen LogP contribution in [0.3, 0.4) is 0 Å². The number of rotatable bonds is 6. The van der Waals surface area contributed by atoms with E-state index in [-0.39, 0.29) is 0 Å². The lowest BCUT2D eigenvalue weighted by Crippen LogP contribution is -2.22. The van der Waals surface area contributed by atoms with E-state index < -0.39 is 0 Å². The number of para-hydroxylation sites is 1. The van der Waals surface area contributed by atoms with Crippen molar-refractivity contribution < 1.29 is 0 Å². The Hall–Kier alpha value is -1.32. The summed E-state index contributed by atoms with van der Waals surface area (Å²) in [7, 11) is 2.18. The van der Waals surface area contributed by atoms with Gasteiger partial charge in [-0.3, -0.25) is 0 Å². The Labute approximate surface area is 115 Å². The molecule has 0 fully saturated rings. The van der Waals surface area contributed by atoms with Gasteiger partial charge in [0.05, 0.1) is 0 Å². The molecule has 0 aliphatic rings. The lowest BCUT2D eigenvalue weighted by Gasteiger charge is -2.17. The zero-order chi connectivity index (χ0) is 13.8. The van der Waals surface area contributed by atoms with Crippen LogP contribution in [-0.4, -0.2) is 29.5 Å². The van der Waals surface area contributed by atoms with E-state index in [4.69, 9.17) is 5.73 Å². The fourth-order valence-corrected chi connectivity index (χ4v) is 2.57. The summed E-state index contributed by atoms with van der Waals surface area (Å²) in [6.45, 7) is 6.32. The molecule has 0 amide bonds. The number of benzene rings is 1. The van der Waals surface area contributed by atoms with Gasteiger partial charge in [-0.05, 0) is 51.9 Å². The Morgan fingerprint density at radius 3 is 2.79 bits per heavy atom. The van der Waals surface area contributed by atoms with Crippen LogP contribution < -0.4 is 5.73 Å². The molecule has 0 radical (unpaired) electrons. The summed E-state index contributed by atoms with van der Waals surface area (Å²) in [5, 5.41) is 1.35. The van der Waals surface area contributed by atoms with Crippen LogP contribution in [-0.2, 0) is 6.54 Å². The third-order valence-electron chi connectivity index (χ3n) is 3.65. The Kier molecular flexibility index (Phi) is 4.61. The number of aromatic amines is 1. The van der Waals surface area contributed by atoms with Crippen molar-refractivity contribution in [2.45, 2.75) is 39.3 Å². The highest BCUT2D eigenvalue weighted by molar-refractivity contribution is 5.84. The maximum atomic E-state index is 5.79. The molecule has 0 saturated carbocycles. The van der Waals surface area contributed by atoms with Crippen LogP contribution in [0.25, 0.3) is 10.9 Å². The van der Waals surface area contributed by atoms with Gasteiger partial charge >= 0.3 is 0 Å². The number of fused-ring (bicyclic) bond motifs is 1. The SMILES string of the molecule is Cc1[nH]c2ccccc2c1CN(C)CCCC(C)N. The van der Waals surface area contributed by atoms with Crippen LogP contribution in [0.1, 0.15) is 31.0 Å². The summed E-state index contributed by atoms with van der Waals surface area (Å²) >= 11 is 0. The van der Waals surface area contributed by atoms with Gasteiger partial charge in [0.15, 0.2) is 0 Å². The molecule has 3 N–H and O–H groups in total. The first kappa shape index (κ1) is 14.1. The number of nitrogens with one attached hydrogen (secondary N) is 1. The highest BCUT2D eigenvalue weighted by Gasteiger charge is 2.10. The van der Waals surface area contributed by atoms with Crippen LogP contribution in [0.5, 0.6) is 0 Å². The fraction of sp³-hybridized carbons (Fsp3) is 0.500. The molecule has 1 heterocycles. The van der Waals surface area contributed by atoms with Crippen molar-refractivity contribution in [3.8, 4) is 0 Å². The van der Waals surface area contributed by atoms with Gasteiger partial charge in [-0.1, -0.05) is 18.2 Å². The number of nitrogens with zero attached hydrogens (tertiary/aromatic N) is 1. The topological polar surface area (TPSA) is 45.0 Å². The van der Waals surface area contributed by atoms with Gasteiger partial charge in [0, 0.05) is 29.2 Å². The molecule has 1 atom stereocenters.